The lowest BCUT2D eigenvalue weighted by molar-refractivity contribution is -0.124. The molecule has 0 spiro atoms. The first-order valence-corrected chi connectivity index (χ1v) is 33.8. The molecule has 1 aliphatic heterocycles. The third kappa shape index (κ3) is 40.5. The number of aromatic nitrogens is 2. The normalized spacial score (nSPS) is 10.7. The number of ether oxygens (including phenoxy) is 2. The van der Waals surface area contributed by atoms with Gasteiger partial charge < -0.3 is 46.7 Å². The Morgan fingerprint density at radius 3 is 1.01 bits per heavy atom. The maximum Gasteiger partial charge on any atom is 0.231 e. The molecule has 0 fully saturated rings. The summed E-state index contributed by atoms with van der Waals surface area (Å²) in [5.74, 6) is 1.78. The molecule has 0 saturated carbocycles. The average Bonchev–Trinajstić information content (AvgIpc) is 1.74. The first-order chi connectivity index (χ1) is 47.1. The largest absolute Gasteiger partial charge is 0.454 e. The molecule has 0 bridgehead atoms. The molecule has 536 valence electrons. The Labute approximate surface area is 586 Å². The number of pyridine rings is 2. The van der Waals surface area contributed by atoms with Crippen LogP contribution in [0.3, 0.4) is 0 Å². The van der Waals surface area contributed by atoms with E-state index in [0.717, 1.165) is 65.1 Å². The second kappa shape index (κ2) is 49.6. The predicted molar refractivity (Wildman–Crippen MR) is 388 cm³/mol. The van der Waals surface area contributed by atoms with E-state index in [1.165, 1.54) is 35.4 Å². The number of fused-ring (bicyclic) bond motifs is 1. The van der Waals surface area contributed by atoms with Crippen molar-refractivity contribution in [3.8, 4) is 11.5 Å². The van der Waals surface area contributed by atoms with Gasteiger partial charge in [0.2, 0.25) is 48.1 Å². The van der Waals surface area contributed by atoms with E-state index in [0.29, 0.717) is 39.3 Å². The lowest BCUT2D eigenvalue weighted by atomic mass is 10.1. The molecule has 0 aliphatic carbocycles. The molecule has 18 nitrogen and oxygen atoms in total. The number of halogens is 2. The summed E-state index contributed by atoms with van der Waals surface area (Å²) < 4.78 is 35.6. The van der Waals surface area contributed by atoms with E-state index in [2.05, 4.69) is 59.3 Å². The van der Waals surface area contributed by atoms with Crippen molar-refractivity contribution in [2.75, 3.05) is 26.4 Å². The number of nitrogens with one attached hydrogen (secondary N) is 7. The van der Waals surface area contributed by atoms with Gasteiger partial charge in [0, 0.05) is 112 Å². The summed E-state index contributed by atoms with van der Waals surface area (Å²) in [5, 5.41) is 19.9. The molecule has 8 rings (SSSR count). The molecule has 5 aromatic carbocycles. The van der Waals surface area contributed by atoms with Crippen LogP contribution in [0.25, 0.3) is 0 Å². The second-order valence-corrected chi connectivity index (χ2v) is 25.2. The summed E-state index contributed by atoms with van der Waals surface area (Å²) in [6.45, 7) is 30.7. The summed E-state index contributed by atoms with van der Waals surface area (Å²) in [5.41, 5.74) is 7.56. The molecule has 99 heavy (non-hydrogen) atoms. The minimum absolute atomic E-state index is 0.00834. The first kappa shape index (κ1) is 85.2. The highest BCUT2D eigenvalue weighted by atomic mass is 19.1. The molecule has 7 N–H and O–H groups in total. The molecule has 7 aromatic rings. The Kier molecular flexibility index (Phi) is 42.7. The fourth-order valence-electron chi connectivity index (χ4n) is 7.77. The van der Waals surface area contributed by atoms with Gasteiger partial charge in [0.05, 0.1) is 0 Å². The van der Waals surface area contributed by atoms with Gasteiger partial charge in [-0.3, -0.25) is 43.5 Å². The molecule has 7 amide bonds. The van der Waals surface area contributed by atoms with E-state index in [4.69, 9.17) is 9.47 Å². The van der Waals surface area contributed by atoms with Crippen LogP contribution in [-0.4, -0.2) is 77.7 Å². The Bertz CT molecular complexity index is 3280. The van der Waals surface area contributed by atoms with E-state index >= 15 is 0 Å². The fourth-order valence-corrected chi connectivity index (χ4v) is 7.77. The summed E-state index contributed by atoms with van der Waals surface area (Å²) in [6.07, 6.45) is 9.49. The number of rotatable bonds is 24. The van der Waals surface area contributed by atoms with Crippen molar-refractivity contribution in [3.05, 3.63) is 227 Å². The minimum atomic E-state index is -0.260. The van der Waals surface area contributed by atoms with Crippen molar-refractivity contribution in [3.63, 3.8) is 0 Å². The van der Waals surface area contributed by atoms with Gasteiger partial charge >= 0.3 is 0 Å². The van der Waals surface area contributed by atoms with Crippen LogP contribution in [0.15, 0.2) is 176 Å². The number of nitrogens with zero attached hydrogens (tertiary/aromatic N) is 2. The predicted octanol–water partition coefficient (Wildman–Crippen LogP) is 12.6. The molecule has 1 aliphatic rings. The Morgan fingerprint density at radius 1 is 0.323 bits per heavy atom. The van der Waals surface area contributed by atoms with Crippen molar-refractivity contribution >= 4 is 41.4 Å². The fraction of sp³-hybridized carbons (Fsp3) is 0.405. The van der Waals surface area contributed by atoms with E-state index in [9.17, 15) is 42.3 Å². The smallest absolute Gasteiger partial charge is 0.231 e. The standard InChI is InChI=1S/C12H16FNO.C12H15NO3.C12H17NO.C11H14FNO.C11H16N2O.C11H15NO.C10H14N2O/c1-9(2)12(15)14-8-7-10-3-5-11(13)6-4-10;1-8(2)12(14)13-6-9-3-4-10-11(5-9)16-7-15-10;1-10(2)12(14)13-9-8-11-6-4-3-5-7-11;1-8(2)11(14)13-7-9-3-5-10(12)6-4-9;1-9(2)11(14)13-8-5-10-3-6-12-7-4-10;1-9(2)11(13)12-8-10-6-4-3-5-7-10;1-8(2)10(13)12-7-9-4-3-5-11-6-9/h3-6,9H,7-8H2,1-2H3,(H,14,15);3-5,8H,6-7H2,1-2H3,(H,13,14);3-7,10H,8-9H2,1-2H3,(H,13,14);3-6,8H,7H2,1-2H3,(H,13,14);3-4,6-7,9H,5,8H2,1-2H3,(H,13,14);3-7,9H,8H2,1-2H3,(H,12,13);3-6,8H,7H2,1-2H3,(H,12,13). The molecule has 0 unspecified atom stereocenters. The summed E-state index contributed by atoms with van der Waals surface area (Å²) >= 11 is 0. The highest BCUT2D eigenvalue weighted by Crippen LogP contribution is 2.32. The zero-order chi connectivity index (χ0) is 73.5. The van der Waals surface area contributed by atoms with Crippen LogP contribution >= 0.6 is 0 Å². The van der Waals surface area contributed by atoms with Crippen LogP contribution in [0.4, 0.5) is 8.78 Å². The van der Waals surface area contributed by atoms with Gasteiger partial charge in [-0.05, 0) is 113 Å². The molecule has 20 heteroatoms. The molecular weight excluding hydrogens is 1260 g/mol. The topological polar surface area (TPSA) is 248 Å². The lowest BCUT2D eigenvalue weighted by Gasteiger charge is -2.08. The van der Waals surface area contributed by atoms with Crippen LogP contribution in [0.2, 0.25) is 0 Å². The van der Waals surface area contributed by atoms with Gasteiger partial charge in [0.1, 0.15) is 11.6 Å². The number of amides is 7. The Hall–Kier alpha value is -9.85. The van der Waals surface area contributed by atoms with Gasteiger partial charge in [-0.25, -0.2) is 8.78 Å². The molecule has 3 heterocycles. The molecule has 0 radical (unpaired) electrons. The van der Waals surface area contributed by atoms with Crippen molar-refractivity contribution in [1.29, 1.82) is 0 Å². The van der Waals surface area contributed by atoms with Crippen molar-refractivity contribution in [1.82, 2.24) is 47.2 Å². The quantitative estimate of drug-likeness (QED) is 0.0300. The van der Waals surface area contributed by atoms with Gasteiger partial charge in [0.15, 0.2) is 11.5 Å². The lowest BCUT2D eigenvalue weighted by Crippen LogP contribution is -2.29. The van der Waals surface area contributed by atoms with Crippen LogP contribution in [-0.2, 0) is 79.0 Å². The Balaban J connectivity index is 0.000000393. The zero-order valence-electron chi connectivity index (χ0n) is 60.4. The number of hydrogen-bond donors (Lipinski definition) is 7. The SMILES string of the molecule is CC(C)C(=O)NCCc1ccc(F)cc1.CC(C)C(=O)NCCc1ccccc1.CC(C)C(=O)NCCc1ccncc1.CC(C)C(=O)NCc1ccc(F)cc1.CC(C)C(=O)NCc1ccc2c(c1)OCO2.CC(C)C(=O)NCc1ccccc1.CC(C)C(=O)NCc1cccnc1. The van der Waals surface area contributed by atoms with E-state index in [1.807, 2.05) is 188 Å². The van der Waals surface area contributed by atoms with E-state index in [1.54, 1.807) is 49.1 Å². The van der Waals surface area contributed by atoms with Crippen molar-refractivity contribution in [2.24, 2.45) is 41.4 Å². The third-order valence-corrected chi connectivity index (χ3v) is 14.1. The van der Waals surface area contributed by atoms with Gasteiger partial charge in [0.25, 0.3) is 0 Å². The minimum Gasteiger partial charge on any atom is -0.454 e. The summed E-state index contributed by atoms with van der Waals surface area (Å²) in [6, 6.07) is 45.9. The highest BCUT2D eigenvalue weighted by molar-refractivity contribution is 5.80. The zero-order valence-corrected chi connectivity index (χ0v) is 60.4. The molecule has 0 atom stereocenters. The van der Waals surface area contributed by atoms with Gasteiger partial charge in [-0.2, -0.15) is 0 Å². The van der Waals surface area contributed by atoms with Crippen LogP contribution in [0.1, 0.15) is 136 Å². The monoisotopic (exact) mass is 1360 g/mol. The van der Waals surface area contributed by atoms with Gasteiger partial charge in [-0.1, -0.05) is 194 Å². The average molecular weight is 1360 g/mol. The van der Waals surface area contributed by atoms with Crippen molar-refractivity contribution < 1.29 is 51.8 Å². The van der Waals surface area contributed by atoms with E-state index < -0.39 is 0 Å². The van der Waals surface area contributed by atoms with Gasteiger partial charge in [-0.15, -0.1) is 0 Å². The van der Waals surface area contributed by atoms with Crippen LogP contribution in [0, 0.1) is 53.1 Å². The summed E-state index contributed by atoms with van der Waals surface area (Å²) in [7, 11) is 0. The second-order valence-electron chi connectivity index (χ2n) is 25.2. The number of hydrogen-bond acceptors (Lipinski definition) is 11. The summed E-state index contributed by atoms with van der Waals surface area (Å²) in [4.78, 5) is 86.5. The Morgan fingerprint density at radius 2 is 0.626 bits per heavy atom. The number of carbonyl (C=O) groups is 7. The van der Waals surface area contributed by atoms with E-state index in [-0.39, 0.29) is 101 Å². The molecular formula is C79H107F2N9O9. The van der Waals surface area contributed by atoms with Crippen LogP contribution in [0.5, 0.6) is 11.5 Å². The first-order valence-electron chi connectivity index (χ1n) is 33.8. The number of carbonyl (C=O) groups excluding carboxylic acids is 7. The van der Waals surface area contributed by atoms with Crippen molar-refractivity contribution in [2.45, 2.75) is 142 Å². The molecule has 2 aromatic heterocycles. The van der Waals surface area contributed by atoms with Crippen LogP contribution < -0.4 is 46.7 Å². The molecule has 0 saturated heterocycles. The maximum atomic E-state index is 12.6. The third-order valence-electron chi connectivity index (χ3n) is 14.1. The number of benzene rings is 5. The highest BCUT2D eigenvalue weighted by Gasteiger charge is 2.15. The maximum absolute atomic E-state index is 12.6.